The van der Waals surface area contributed by atoms with E-state index < -0.39 is 6.10 Å². The molecule has 6 nitrogen and oxygen atoms in total. The van der Waals surface area contributed by atoms with Gasteiger partial charge in [0.15, 0.2) is 6.10 Å². The maximum absolute atomic E-state index is 12.8. The van der Waals surface area contributed by atoms with Gasteiger partial charge in [-0.2, -0.15) is 0 Å². The maximum atomic E-state index is 12.8. The number of allylic oxidation sites excluding steroid dienone is 14. The van der Waals surface area contributed by atoms with Crippen LogP contribution in [0.15, 0.2) is 85.1 Å². The number of hydrogen-bond donors (Lipinski definition) is 0. The Bertz CT molecular complexity index is 1240. The zero-order valence-corrected chi connectivity index (χ0v) is 41.1. The van der Waals surface area contributed by atoms with Crippen molar-refractivity contribution in [2.24, 2.45) is 0 Å². The lowest BCUT2D eigenvalue weighted by molar-refractivity contribution is -0.167. The molecule has 0 aromatic heterocycles. The van der Waals surface area contributed by atoms with Gasteiger partial charge in [0, 0.05) is 19.3 Å². The summed E-state index contributed by atoms with van der Waals surface area (Å²) in [7, 11) is 0. The molecule has 1 atom stereocenters. The summed E-state index contributed by atoms with van der Waals surface area (Å²) >= 11 is 0. The van der Waals surface area contributed by atoms with Gasteiger partial charge in [-0.1, -0.05) is 228 Å². The van der Waals surface area contributed by atoms with Crippen molar-refractivity contribution in [3.8, 4) is 0 Å². The molecule has 0 saturated carbocycles. The van der Waals surface area contributed by atoms with Crippen LogP contribution in [0.3, 0.4) is 0 Å². The minimum Gasteiger partial charge on any atom is -0.462 e. The Morgan fingerprint density at radius 3 is 1.16 bits per heavy atom. The Hall–Kier alpha value is -3.41. The Labute approximate surface area is 388 Å². The van der Waals surface area contributed by atoms with Gasteiger partial charge in [0.05, 0.1) is 0 Å². The standard InChI is InChI=1S/C57H96O6/c1-4-7-10-13-16-19-22-25-28-30-32-35-38-41-44-47-50-56(59)62-53-54(52-61-55(58)49-46-43-40-37-34-31-27-24-21-18-15-12-9-6-3)63-57(60)51-48-45-42-39-36-33-29-26-23-20-17-14-11-8-5-2/h7-8,10-11,14,16-17,19-20,23,25,28,32,35,54H,4-6,9,12-13,15,18,21-22,24,26-27,29-31,33-34,36-53H2,1-3H3/b10-7-,11-8-,17-14-,19-16-,23-20-,28-25-,35-32-. The molecule has 63 heavy (non-hydrogen) atoms. The average Bonchev–Trinajstić information content (AvgIpc) is 3.28. The zero-order valence-electron chi connectivity index (χ0n) is 41.1. The minimum absolute atomic E-state index is 0.0906. The first-order chi connectivity index (χ1) is 31.0. The van der Waals surface area contributed by atoms with Gasteiger partial charge in [-0.3, -0.25) is 14.4 Å². The lowest BCUT2D eigenvalue weighted by Gasteiger charge is -2.18. The SMILES string of the molecule is CC\C=C/C=C\C=C/CCCCCCCCCC(=O)OC(COC(=O)CCCCC/C=C\C/C=C\C/C=C\C/C=C\CC)COC(=O)CCCCCCCCCCCCCCCC. The molecule has 0 rings (SSSR count). The fourth-order valence-corrected chi connectivity index (χ4v) is 7.08. The topological polar surface area (TPSA) is 78.9 Å². The Morgan fingerprint density at radius 1 is 0.349 bits per heavy atom. The highest BCUT2D eigenvalue weighted by Gasteiger charge is 2.19. The molecule has 0 aliphatic rings. The van der Waals surface area contributed by atoms with E-state index in [1.807, 2.05) is 0 Å². The van der Waals surface area contributed by atoms with E-state index in [0.717, 1.165) is 103 Å². The highest BCUT2D eigenvalue weighted by Crippen LogP contribution is 2.15. The number of esters is 3. The van der Waals surface area contributed by atoms with Crippen molar-refractivity contribution >= 4 is 17.9 Å². The summed E-state index contributed by atoms with van der Waals surface area (Å²) in [6.45, 7) is 6.36. The molecule has 0 aromatic carbocycles. The number of rotatable bonds is 46. The average molecular weight is 877 g/mol. The molecule has 0 N–H and O–H groups in total. The van der Waals surface area contributed by atoms with Crippen molar-refractivity contribution in [2.45, 2.75) is 245 Å². The van der Waals surface area contributed by atoms with E-state index in [0.29, 0.717) is 19.3 Å². The van der Waals surface area contributed by atoms with Crippen molar-refractivity contribution in [2.75, 3.05) is 13.2 Å². The zero-order chi connectivity index (χ0) is 45.8. The van der Waals surface area contributed by atoms with Crippen LogP contribution in [0.4, 0.5) is 0 Å². The number of unbranched alkanes of at least 4 members (excludes halogenated alkanes) is 23. The summed E-state index contributed by atoms with van der Waals surface area (Å²) in [6.07, 6.45) is 65.6. The molecule has 0 aliphatic heterocycles. The molecule has 0 spiro atoms. The van der Waals surface area contributed by atoms with Gasteiger partial charge >= 0.3 is 17.9 Å². The minimum atomic E-state index is -0.794. The molecule has 0 radical (unpaired) electrons. The smallest absolute Gasteiger partial charge is 0.306 e. The normalized spacial score (nSPS) is 12.7. The van der Waals surface area contributed by atoms with Crippen molar-refractivity contribution < 1.29 is 28.6 Å². The summed E-state index contributed by atoms with van der Waals surface area (Å²) in [6, 6.07) is 0. The molecule has 0 heterocycles. The molecule has 0 amide bonds. The fourth-order valence-electron chi connectivity index (χ4n) is 7.08. The molecule has 1 unspecified atom stereocenters. The molecule has 0 aliphatic carbocycles. The molecule has 0 fully saturated rings. The largest absolute Gasteiger partial charge is 0.462 e. The van der Waals surface area contributed by atoms with Crippen LogP contribution in [0, 0.1) is 0 Å². The molecular weight excluding hydrogens is 781 g/mol. The predicted molar refractivity (Wildman–Crippen MR) is 270 cm³/mol. The van der Waals surface area contributed by atoms with E-state index in [1.54, 1.807) is 0 Å². The van der Waals surface area contributed by atoms with E-state index in [9.17, 15) is 14.4 Å². The van der Waals surface area contributed by atoms with E-state index in [1.165, 1.54) is 96.3 Å². The van der Waals surface area contributed by atoms with Crippen LogP contribution in [-0.4, -0.2) is 37.2 Å². The maximum Gasteiger partial charge on any atom is 0.306 e. The number of carbonyl (C=O) groups is 3. The van der Waals surface area contributed by atoms with Crippen molar-refractivity contribution in [3.05, 3.63) is 85.1 Å². The van der Waals surface area contributed by atoms with Crippen LogP contribution in [0.2, 0.25) is 0 Å². The van der Waals surface area contributed by atoms with Gasteiger partial charge < -0.3 is 14.2 Å². The Balaban J connectivity index is 4.45. The summed E-state index contributed by atoms with van der Waals surface area (Å²) in [5.41, 5.74) is 0. The Kier molecular flexibility index (Phi) is 48.5. The van der Waals surface area contributed by atoms with Gasteiger partial charge in [0.1, 0.15) is 13.2 Å². The molecule has 0 saturated heterocycles. The van der Waals surface area contributed by atoms with Gasteiger partial charge in [-0.05, 0) is 77.0 Å². The molecule has 360 valence electrons. The first-order valence-electron chi connectivity index (χ1n) is 26.1. The molecule has 0 bridgehead atoms. The Morgan fingerprint density at radius 2 is 0.698 bits per heavy atom. The van der Waals surface area contributed by atoms with Gasteiger partial charge in [0.25, 0.3) is 0 Å². The van der Waals surface area contributed by atoms with Gasteiger partial charge in [0.2, 0.25) is 0 Å². The monoisotopic (exact) mass is 877 g/mol. The first kappa shape index (κ1) is 59.6. The van der Waals surface area contributed by atoms with E-state index in [4.69, 9.17) is 14.2 Å². The van der Waals surface area contributed by atoms with Crippen molar-refractivity contribution in [1.82, 2.24) is 0 Å². The van der Waals surface area contributed by atoms with Crippen LogP contribution < -0.4 is 0 Å². The van der Waals surface area contributed by atoms with E-state index >= 15 is 0 Å². The second-order valence-electron chi connectivity index (χ2n) is 17.1. The number of carbonyl (C=O) groups excluding carboxylic acids is 3. The predicted octanol–water partition coefficient (Wildman–Crippen LogP) is 17.2. The second-order valence-corrected chi connectivity index (χ2v) is 17.1. The van der Waals surface area contributed by atoms with Gasteiger partial charge in [-0.25, -0.2) is 0 Å². The van der Waals surface area contributed by atoms with Crippen LogP contribution in [-0.2, 0) is 28.6 Å². The summed E-state index contributed by atoms with van der Waals surface area (Å²) in [4.78, 5) is 38.0. The highest BCUT2D eigenvalue weighted by molar-refractivity contribution is 5.71. The second kappa shape index (κ2) is 51.2. The van der Waals surface area contributed by atoms with E-state index in [-0.39, 0.29) is 31.1 Å². The molecule has 6 heteroatoms. The fraction of sp³-hybridized carbons (Fsp3) is 0.702. The lowest BCUT2D eigenvalue weighted by atomic mass is 10.0. The third-order valence-electron chi connectivity index (χ3n) is 11.0. The molecular formula is C57H96O6. The van der Waals surface area contributed by atoms with Crippen LogP contribution in [0.1, 0.15) is 239 Å². The van der Waals surface area contributed by atoms with Crippen LogP contribution >= 0.6 is 0 Å². The summed E-state index contributed by atoms with van der Waals surface area (Å²) in [5, 5.41) is 0. The van der Waals surface area contributed by atoms with Crippen LogP contribution in [0.25, 0.3) is 0 Å². The number of ether oxygens (including phenoxy) is 3. The quantitative estimate of drug-likeness (QED) is 0.0199. The number of hydrogen-bond acceptors (Lipinski definition) is 6. The highest BCUT2D eigenvalue weighted by atomic mass is 16.6. The van der Waals surface area contributed by atoms with E-state index in [2.05, 4.69) is 106 Å². The first-order valence-corrected chi connectivity index (χ1v) is 26.1. The molecule has 0 aromatic rings. The third-order valence-corrected chi connectivity index (χ3v) is 11.0. The van der Waals surface area contributed by atoms with Crippen LogP contribution in [0.5, 0.6) is 0 Å². The van der Waals surface area contributed by atoms with Crippen molar-refractivity contribution in [1.29, 1.82) is 0 Å². The van der Waals surface area contributed by atoms with Gasteiger partial charge in [-0.15, -0.1) is 0 Å². The van der Waals surface area contributed by atoms with Crippen molar-refractivity contribution in [3.63, 3.8) is 0 Å². The lowest BCUT2D eigenvalue weighted by Crippen LogP contribution is -2.30. The third kappa shape index (κ3) is 49.5. The summed E-state index contributed by atoms with van der Waals surface area (Å²) in [5.74, 6) is -0.934. The summed E-state index contributed by atoms with van der Waals surface area (Å²) < 4.78 is 16.8.